The Morgan fingerprint density at radius 1 is 1.23 bits per heavy atom. The molecule has 1 aromatic carbocycles. The third-order valence-electron chi connectivity index (χ3n) is 6.25. The second kappa shape index (κ2) is 9.27. The van der Waals surface area contributed by atoms with E-state index in [0.717, 1.165) is 24.2 Å². The second-order valence-corrected chi connectivity index (χ2v) is 9.30. The maximum Gasteiger partial charge on any atom is 0.257 e. The average molecular weight is 480 g/mol. The minimum Gasteiger partial charge on any atom is -0.383 e. The van der Waals surface area contributed by atoms with E-state index in [-0.39, 0.29) is 11.6 Å². The van der Waals surface area contributed by atoms with Crippen LogP contribution >= 0.6 is 0 Å². The number of carbonyl (C=O) groups is 1. The maximum atomic E-state index is 14.5. The van der Waals surface area contributed by atoms with Crippen LogP contribution in [-0.2, 0) is 11.3 Å². The fourth-order valence-corrected chi connectivity index (χ4v) is 4.87. The highest BCUT2D eigenvalue weighted by atomic mass is 19.1. The normalized spacial score (nSPS) is 18.5. The molecule has 184 valence electrons. The van der Waals surface area contributed by atoms with Crippen molar-refractivity contribution in [2.75, 3.05) is 37.0 Å². The number of rotatable bonds is 6. The summed E-state index contributed by atoms with van der Waals surface area (Å²) in [5.41, 5.74) is 3.35. The number of halogens is 1. The third kappa shape index (κ3) is 4.59. The number of ether oxygens (including phenoxy) is 1. The molecule has 5 rings (SSSR count). The summed E-state index contributed by atoms with van der Waals surface area (Å²) in [5, 5.41) is 12.0. The van der Waals surface area contributed by atoms with Crippen molar-refractivity contribution >= 4 is 33.8 Å². The monoisotopic (exact) mass is 479 g/mol. The van der Waals surface area contributed by atoms with Gasteiger partial charge in [0.1, 0.15) is 5.52 Å². The lowest BCUT2D eigenvalue weighted by Gasteiger charge is -2.38. The predicted octanol–water partition coefficient (Wildman–Crippen LogP) is 3.22. The van der Waals surface area contributed by atoms with Crippen molar-refractivity contribution in [1.82, 2.24) is 24.5 Å². The van der Waals surface area contributed by atoms with Crippen molar-refractivity contribution in [1.29, 1.82) is 0 Å². The van der Waals surface area contributed by atoms with E-state index in [1.54, 1.807) is 36.9 Å². The predicted molar refractivity (Wildman–Crippen MR) is 134 cm³/mol. The van der Waals surface area contributed by atoms with E-state index in [4.69, 9.17) is 9.84 Å². The van der Waals surface area contributed by atoms with Crippen molar-refractivity contribution in [3.8, 4) is 0 Å². The van der Waals surface area contributed by atoms with Crippen LogP contribution in [0.4, 0.5) is 15.8 Å². The summed E-state index contributed by atoms with van der Waals surface area (Å²) in [6.07, 6.45) is 5.34. The molecule has 1 aliphatic rings. The van der Waals surface area contributed by atoms with Gasteiger partial charge in [0.25, 0.3) is 5.91 Å². The van der Waals surface area contributed by atoms with Crippen molar-refractivity contribution in [3.05, 3.63) is 53.9 Å². The van der Waals surface area contributed by atoms with E-state index in [2.05, 4.69) is 34.4 Å². The van der Waals surface area contributed by atoms with Crippen molar-refractivity contribution in [2.45, 2.75) is 39.4 Å². The highest BCUT2D eigenvalue weighted by molar-refractivity contribution is 6.13. The number of nitrogens with zero attached hydrogens (tertiary/aromatic N) is 5. The number of hydrogen-bond donors (Lipinski definition) is 2. The Hall–Kier alpha value is -3.50. The highest BCUT2D eigenvalue weighted by Gasteiger charge is 2.25. The van der Waals surface area contributed by atoms with E-state index in [9.17, 15) is 9.18 Å². The summed E-state index contributed by atoms with van der Waals surface area (Å²) in [5.74, 6) is -0.849. The first-order valence-corrected chi connectivity index (χ1v) is 11.8. The SMILES string of the molecule is COCCn1cc2c(N3C[C@@H](C)N[C@H](C)C3)ccc(C(=O)Nc3cc(F)c4nc(C)cn4c3)c2n1. The molecule has 4 heterocycles. The van der Waals surface area contributed by atoms with Crippen molar-refractivity contribution in [3.63, 3.8) is 0 Å². The van der Waals surface area contributed by atoms with Gasteiger partial charge >= 0.3 is 0 Å². The summed E-state index contributed by atoms with van der Waals surface area (Å²) in [6.45, 7) is 8.93. The number of imidazole rings is 1. The van der Waals surface area contributed by atoms with Crippen LogP contribution in [0.2, 0.25) is 0 Å². The van der Waals surface area contributed by atoms with Crippen LogP contribution < -0.4 is 15.5 Å². The van der Waals surface area contributed by atoms with Gasteiger partial charge in [0.05, 0.1) is 30.1 Å². The van der Waals surface area contributed by atoms with Gasteiger partial charge in [-0.3, -0.25) is 9.48 Å². The van der Waals surface area contributed by atoms with E-state index in [0.29, 0.717) is 47.7 Å². The number of benzene rings is 1. The lowest BCUT2D eigenvalue weighted by molar-refractivity contribution is 0.102. The Labute approximate surface area is 202 Å². The van der Waals surface area contributed by atoms with E-state index in [1.807, 2.05) is 16.9 Å². The van der Waals surface area contributed by atoms with Gasteiger partial charge < -0.3 is 24.7 Å². The standard InChI is InChI=1S/C25H30FN7O2/c1-15-10-31(11-16(2)27-15)22-6-5-19(23-20(22)14-33(30-23)7-8-35-4)25(34)29-18-9-21(26)24-28-17(3)12-32(24)13-18/h5-6,9,12-16,27H,7-8,10-11H2,1-4H3,(H,29,34)/t15-,16-/m1/s1. The molecule has 4 aromatic rings. The second-order valence-electron chi connectivity index (χ2n) is 9.30. The van der Waals surface area contributed by atoms with Crippen LogP contribution in [0, 0.1) is 12.7 Å². The Morgan fingerprint density at radius 3 is 2.74 bits per heavy atom. The summed E-state index contributed by atoms with van der Waals surface area (Å²) < 4.78 is 23.1. The quantitative estimate of drug-likeness (QED) is 0.442. The topological polar surface area (TPSA) is 88.7 Å². The number of anilines is 2. The molecule has 0 saturated carbocycles. The first-order chi connectivity index (χ1) is 16.8. The number of hydrogen-bond acceptors (Lipinski definition) is 6. The molecule has 35 heavy (non-hydrogen) atoms. The lowest BCUT2D eigenvalue weighted by Crippen LogP contribution is -2.54. The van der Waals surface area contributed by atoms with Crippen molar-refractivity contribution in [2.24, 2.45) is 0 Å². The molecule has 2 N–H and O–H groups in total. The van der Waals surface area contributed by atoms with Gasteiger partial charge in [-0.05, 0) is 32.9 Å². The fraction of sp³-hybridized carbons (Fsp3) is 0.400. The van der Waals surface area contributed by atoms with Crippen LogP contribution in [0.1, 0.15) is 29.9 Å². The maximum absolute atomic E-state index is 14.5. The molecule has 1 fully saturated rings. The molecule has 0 spiro atoms. The number of pyridine rings is 1. The molecule has 0 radical (unpaired) electrons. The minimum atomic E-state index is -0.498. The Bertz CT molecular complexity index is 1390. The molecule has 10 heteroatoms. The molecule has 3 aromatic heterocycles. The molecule has 0 aliphatic carbocycles. The molecule has 0 bridgehead atoms. The smallest absolute Gasteiger partial charge is 0.257 e. The number of carbonyl (C=O) groups excluding carboxylic acids is 1. The Morgan fingerprint density at radius 2 is 2.00 bits per heavy atom. The zero-order valence-electron chi connectivity index (χ0n) is 20.4. The summed E-state index contributed by atoms with van der Waals surface area (Å²) in [6, 6.07) is 5.75. The largest absolute Gasteiger partial charge is 0.383 e. The van der Waals surface area contributed by atoms with Gasteiger partial charge in [-0.25, -0.2) is 9.37 Å². The lowest BCUT2D eigenvalue weighted by atomic mass is 10.1. The molecule has 0 unspecified atom stereocenters. The third-order valence-corrected chi connectivity index (χ3v) is 6.25. The van der Waals surface area contributed by atoms with Gasteiger partial charge in [0.15, 0.2) is 11.5 Å². The van der Waals surface area contributed by atoms with Crippen LogP contribution in [0.5, 0.6) is 0 Å². The van der Waals surface area contributed by atoms with Crippen LogP contribution in [0.15, 0.2) is 36.8 Å². The number of aryl methyl sites for hydroxylation is 1. The zero-order chi connectivity index (χ0) is 24.7. The molecular weight excluding hydrogens is 449 g/mol. The van der Waals surface area contributed by atoms with Crippen molar-refractivity contribution < 1.29 is 13.9 Å². The molecule has 1 amide bonds. The minimum absolute atomic E-state index is 0.226. The average Bonchev–Trinajstić information content (AvgIpc) is 3.39. The fourth-order valence-electron chi connectivity index (χ4n) is 4.87. The van der Waals surface area contributed by atoms with Gasteiger partial charge in [-0.2, -0.15) is 5.10 Å². The van der Waals surface area contributed by atoms with E-state index in [1.165, 1.54) is 6.07 Å². The molecular formula is C25H30FN7O2. The Balaban J connectivity index is 1.52. The molecule has 1 aliphatic heterocycles. The highest BCUT2D eigenvalue weighted by Crippen LogP contribution is 2.31. The molecule has 9 nitrogen and oxygen atoms in total. The first kappa shape index (κ1) is 23.3. The zero-order valence-corrected chi connectivity index (χ0v) is 20.4. The number of aromatic nitrogens is 4. The van der Waals surface area contributed by atoms with Gasteiger partial charge in [-0.15, -0.1) is 0 Å². The van der Waals surface area contributed by atoms with Gasteiger partial charge in [0, 0.05) is 68.0 Å². The van der Waals surface area contributed by atoms with Gasteiger partial charge in [-0.1, -0.05) is 0 Å². The first-order valence-electron chi connectivity index (χ1n) is 11.8. The van der Waals surface area contributed by atoms with Crippen LogP contribution in [-0.4, -0.2) is 64.0 Å². The van der Waals surface area contributed by atoms with Crippen LogP contribution in [0.3, 0.4) is 0 Å². The number of nitrogens with one attached hydrogen (secondary N) is 2. The molecule has 1 saturated heterocycles. The summed E-state index contributed by atoms with van der Waals surface area (Å²) >= 11 is 0. The number of piperazine rings is 1. The van der Waals surface area contributed by atoms with Gasteiger partial charge in [0.2, 0.25) is 0 Å². The summed E-state index contributed by atoms with van der Waals surface area (Å²) in [7, 11) is 1.65. The van der Waals surface area contributed by atoms with E-state index < -0.39 is 5.82 Å². The number of amides is 1. The van der Waals surface area contributed by atoms with E-state index >= 15 is 0 Å². The van der Waals surface area contributed by atoms with Crippen LogP contribution in [0.25, 0.3) is 16.6 Å². The number of fused-ring (bicyclic) bond motifs is 2. The summed E-state index contributed by atoms with van der Waals surface area (Å²) in [4.78, 5) is 19.8. The number of methoxy groups -OCH3 is 1. The Kier molecular flexibility index (Phi) is 6.16. The molecule has 2 atom stereocenters.